The van der Waals surface area contributed by atoms with Crippen molar-refractivity contribution in [2.75, 3.05) is 33.0 Å². The van der Waals surface area contributed by atoms with Gasteiger partial charge in [-0.15, -0.1) is 0 Å². The fraction of sp³-hybridized carbons (Fsp3) is 0.364. The second-order valence-corrected chi connectivity index (χ2v) is 3.87. The number of methoxy groups -OCH3 is 1. The number of nitrogen functional groups attached to an aromatic ring is 1. The predicted molar refractivity (Wildman–Crippen MR) is 64.7 cm³/mol. The van der Waals surface area contributed by atoms with Gasteiger partial charge in [-0.2, -0.15) is 0 Å². The third-order valence-corrected chi connectivity index (χ3v) is 2.53. The summed E-state index contributed by atoms with van der Waals surface area (Å²) in [5, 5.41) is 0.406. The molecule has 1 rings (SSSR count). The largest absolute Gasteiger partial charge is 0.399 e. The summed E-state index contributed by atoms with van der Waals surface area (Å²) in [5.41, 5.74) is 6.55. The number of rotatable bonds is 4. The van der Waals surface area contributed by atoms with Crippen LogP contribution in [0.5, 0.6) is 0 Å². The van der Waals surface area contributed by atoms with Gasteiger partial charge in [0.05, 0.1) is 17.2 Å². The molecule has 0 saturated heterocycles. The van der Waals surface area contributed by atoms with Gasteiger partial charge in [-0.05, 0) is 18.2 Å². The van der Waals surface area contributed by atoms with Crippen molar-refractivity contribution < 1.29 is 9.53 Å². The number of carbonyl (C=O) groups is 1. The van der Waals surface area contributed by atoms with Gasteiger partial charge in [-0.25, -0.2) is 0 Å². The monoisotopic (exact) mass is 242 g/mol. The molecule has 88 valence electrons. The summed E-state index contributed by atoms with van der Waals surface area (Å²) in [6, 6.07) is 4.86. The maximum absolute atomic E-state index is 12.0. The second-order valence-electron chi connectivity index (χ2n) is 3.46. The Kier molecular flexibility index (Phi) is 4.58. The minimum absolute atomic E-state index is 0.158. The fourth-order valence-corrected chi connectivity index (χ4v) is 1.44. The Balaban J connectivity index is 2.83. The molecule has 0 aliphatic heterocycles. The van der Waals surface area contributed by atoms with Crippen molar-refractivity contribution in [2.45, 2.75) is 0 Å². The minimum atomic E-state index is -0.158. The summed E-state index contributed by atoms with van der Waals surface area (Å²) in [6.07, 6.45) is 0. The molecular weight excluding hydrogens is 228 g/mol. The number of nitrogens with two attached hydrogens (primary N) is 1. The highest BCUT2D eigenvalue weighted by molar-refractivity contribution is 6.33. The number of anilines is 1. The third-order valence-electron chi connectivity index (χ3n) is 2.20. The van der Waals surface area contributed by atoms with Crippen molar-refractivity contribution in [2.24, 2.45) is 0 Å². The van der Waals surface area contributed by atoms with Crippen molar-refractivity contribution in [3.63, 3.8) is 0 Å². The maximum Gasteiger partial charge on any atom is 0.255 e. The Hall–Kier alpha value is -1.26. The van der Waals surface area contributed by atoms with E-state index in [0.717, 1.165) is 0 Å². The van der Waals surface area contributed by atoms with E-state index in [1.165, 1.54) is 0 Å². The molecular formula is C11H15ClN2O2. The molecule has 1 aromatic carbocycles. The molecule has 16 heavy (non-hydrogen) atoms. The van der Waals surface area contributed by atoms with Gasteiger partial charge in [0.15, 0.2) is 0 Å². The van der Waals surface area contributed by atoms with Gasteiger partial charge >= 0.3 is 0 Å². The average Bonchev–Trinajstić information content (AvgIpc) is 2.28. The van der Waals surface area contributed by atoms with Crippen molar-refractivity contribution in [3.8, 4) is 0 Å². The van der Waals surface area contributed by atoms with Crippen LogP contribution in [0.4, 0.5) is 5.69 Å². The molecule has 0 aliphatic rings. The summed E-state index contributed by atoms with van der Waals surface area (Å²) in [7, 11) is 3.28. The lowest BCUT2D eigenvalue weighted by atomic mass is 10.2. The average molecular weight is 243 g/mol. The molecule has 1 aromatic rings. The number of likely N-dealkylation sites (N-methyl/N-ethyl adjacent to an activating group) is 1. The van der Waals surface area contributed by atoms with Gasteiger partial charge in [-0.1, -0.05) is 11.6 Å². The lowest BCUT2D eigenvalue weighted by Crippen LogP contribution is -2.30. The van der Waals surface area contributed by atoms with Crippen molar-refractivity contribution in [3.05, 3.63) is 28.8 Å². The molecule has 4 nitrogen and oxygen atoms in total. The Bertz CT molecular complexity index is 382. The van der Waals surface area contributed by atoms with Crippen LogP contribution >= 0.6 is 11.6 Å². The van der Waals surface area contributed by atoms with E-state index < -0.39 is 0 Å². The number of carbonyl (C=O) groups excluding carboxylic acids is 1. The van der Waals surface area contributed by atoms with Crippen LogP contribution in [0, 0.1) is 0 Å². The molecule has 0 unspecified atom stereocenters. The highest BCUT2D eigenvalue weighted by Crippen LogP contribution is 2.20. The Morgan fingerprint density at radius 3 is 2.88 bits per heavy atom. The Morgan fingerprint density at radius 2 is 2.25 bits per heavy atom. The van der Waals surface area contributed by atoms with Crippen molar-refractivity contribution in [1.82, 2.24) is 4.90 Å². The third kappa shape index (κ3) is 3.12. The van der Waals surface area contributed by atoms with Crippen LogP contribution in [0.15, 0.2) is 18.2 Å². The zero-order valence-corrected chi connectivity index (χ0v) is 10.1. The smallest absolute Gasteiger partial charge is 0.255 e. The standard InChI is InChI=1S/C11H15ClN2O2/c1-14(5-6-16-2)11(15)9-7-8(13)3-4-10(9)12/h3-4,7H,5-6,13H2,1-2H3. The molecule has 0 bridgehead atoms. The number of hydrogen-bond donors (Lipinski definition) is 1. The van der Waals surface area contributed by atoms with Crippen LogP contribution in [0.3, 0.4) is 0 Å². The topological polar surface area (TPSA) is 55.6 Å². The molecule has 0 aliphatic carbocycles. The summed E-state index contributed by atoms with van der Waals surface area (Å²) in [4.78, 5) is 13.5. The van der Waals surface area contributed by atoms with E-state index in [1.807, 2.05) is 0 Å². The zero-order valence-electron chi connectivity index (χ0n) is 9.37. The molecule has 0 saturated carbocycles. The van der Waals surface area contributed by atoms with Gasteiger partial charge in [0.25, 0.3) is 5.91 Å². The highest BCUT2D eigenvalue weighted by Gasteiger charge is 2.14. The van der Waals surface area contributed by atoms with Crippen LogP contribution in [0.2, 0.25) is 5.02 Å². The molecule has 2 N–H and O–H groups in total. The van der Waals surface area contributed by atoms with E-state index in [1.54, 1.807) is 37.3 Å². The van der Waals surface area contributed by atoms with Crippen LogP contribution in [-0.2, 0) is 4.74 Å². The van der Waals surface area contributed by atoms with E-state index in [-0.39, 0.29) is 5.91 Å². The molecule has 0 atom stereocenters. The molecule has 0 spiro atoms. The maximum atomic E-state index is 12.0. The fourth-order valence-electron chi connectivity index (χ4n) is 1.24. The van der Waals surface area contributed by atoms with E-state index in [2.05, 4.69) is 0 Å². The van der Waals surface area contributed by atoms with Crippen LogP contribution < -0.4 is 5.73 Å². The summed E-state index contributed by atoms with van der Waals surface area (Å²) < 4.78 is 4.90. The van der Waals surface area contributed by atoms with Gasteiger partial charge in [-0.3, -0.25) is 4.79 Å². The minimum Gasteiger partial charge on any atom is -0.399 e. The van der Waals surface area contributed by atoms with Crippen LogP contribution in [0.1, 0.15) is 10.4 Å². The van der Waals surface area contributed by atoms with Crippen molar-refractivity contribution in [1.29, 1.82) is 0 Å². The Labute approximate surface area is 99.9 Å². The van der Waals surface area contributed by atoms with E-state index in [4.69, 9.17) is 22.1 Å². The van der Waals surface area contributed by atoms with E-state index in [0.29, 0.717) is 29.4 Å². The zero-order chi connectivity index (χ0) is 12.1. The molecule has 0 aromatic heterocycles. The van der Waals surface area contributed by atoms with Gasteiger partial charge in [0, 0.05) is 26.4 Å². The van der Waals surface area contributed by atoms with Gasteiger partial charge in [0.2, 0.25) is 0 Å². The molecule has 0 fully saturated rings. The van der Waals surface area contributed by atoms with Gasteiger partial charge in [0.1, 0.15) is 0 Å². The normalized spacial score (nSPS) is 10.2. The van der Waals surface area contributed by atoms with E-state index in [9.17, 15) is 4.79 Å². The quantitative estimate of drug-likeness (QED) is 0.817. The lowest BCUT2D eigenvalue weighted by molar-refractivity contribution is 0.0744. The summed E-state index contributed by atoms with van der Waals surface area (Å²) in [6.45, 7) is 1.00. The number of amides is 1. The first-order valence-corrected chi connectivity index (χ1v) is 5.23. The Morgan fingerprint density at radius 1 is 1.56 bits per heavy atom. The van der Waals surface area contributed by atoms with Crippen LogP contribution in [-0.4, -0.2) is 38.1 Å². The van der Waals surface area contributed by atoms with Crippen molar-refractivity contribution >= 4 is 23.2 Å². The number of ether oxygens (including phenoxy) is 1. The summed E-state index contributed by atoms with van der Waals surface area (Å²) >= 11 is 5.93. The first kappa shape index (κ1) is 12.8. The number of halogens is 1. The first-order valence-electron chi connectivity index (χ1n) is 4.85. The SMILES string of the molecule is COCCN(C)C(=O)c1cc(N)ccc1Cl. The molecule has 1 amide bonds. The predicted octanol–water partition coefficient (Wildman–Crippen LogP) is 1.64. The highest BCUT2D eigenvalue weighted by atomic mass is 35.5. The molecule has 0 heterocycles. The second kappa shape index (κ2) is 5.72. The summed E-state index contributed by atoms with van der Waals surface area (Å²) in [5.74, 6) is -0.158. The lowest BCUT2D eigenvalue weighted by Gasteiger charge is -2.17. The van der Waals surface area contributed by atoms with Crippen LogP contribution in [0.25, 0.3) is 0 Å². The molecule has 5 heteroatoms. The first-order chi connectivity index (χ1) is 7.56. The number of nitrogens with zero attached hydrogens (tertiary/aromatic N) is 1. The van der Waals surface area contributed by atoms with E-state index >= 15 is 0 Å². The number of benzene rings is 1. The number of hydrogen-bond acceptors (Lipinski definition) is 3. The van der Waals surface area contributed by atoms with Gasteiger partial charge < -0.3 is 15.4 Å². The molecule has 0 radical (unpaired) electrons.